The van der Waals surface area contributed by atoms with E-state index in [9.17, 15) is 9.90 Å². The molecular formula is C29H42ClN3O3. The predicted molar refractivity (Wildman–Crippen MR) is 143 cm³/mol. The van der Waals surface area contributed by atoms with Crippen LogP contribution in [-0.2, 0) is 4.79 Å². The lowest BCUT2D eigenvalue weighted by atomic mass is 9.78. The van der Waals surface area contributed by atoms with Crippen molar-refractivity contribution in [2.45, 2.75) is 102 Å². The maximum atomic E-state index is 12.6. The van der Waals surface area contributed by atoms with Gasteiger partial charge in [0.2, 0.25) is 5.91 Å². The first-order valence-corrected chi connectivity index (χ1v) is 14.5. The Kier molecular flexibility index (Phi) is 8.24. The molecule has 6 nitrogen and oxygen atoms in total. The third-order valence-electron chi connectivity index (χ3n) is 9.16. The van der Waals surface area contributed by atoms with Crippen LogP contribution in [0.4, 0.5) is 0 Å². The summed E-state index contributed by atoms with van der Waals surface area (Å²) in [4.78, 5) is 15.2. The van der Waals surface area contributed by atoms with Gasteiger partial charge in [0.15, 0.2) is 5.58 Å². The molecule has 198 valence electrons. The zero-order valence-electron chi connectivity index (χ0n) is 21.7. The number of carbonyl (C=O) groups is 1. The van der Waals surface area contributed by atoms with E-state index >= 15 is 0 Å². The number of amides is 1. The smallest absolute Gasteiger partial charge is 0.220 e. The van der Waals surface area contributed by atoms with Crippen molar-refractivity contribution in [2.24, 2.45) is 11.8 Å². The van der Waals surface area contributed by atoms with Gasteiger partial charge in [0.1, 0.15) is 0 Å². The second kappa shape index (κ2) is 11.4. The number of benzene rings is 1. The van der Waals surface area contributed by atoms with Gasteiger partial charge in [-0.25, -0.2) is 0 Å². The van der Waals surface area contributed by atoms with E-state index < -0.39 is 5.60 Å². The zero-order valence-corrected chi connectivity index (χ0v) is 22.4. The molecule has 0 spiro atoms. The van der Waals surface area contributed by atoms with E-state index in [1.165, 1.54) is 25.8 Å². The molecular weight excluding hydrogens is 474 g/mol. The molecule has 3 aliphatic rings. The van der Waals surface area contributed by atoms with Crippen molar-refractivity contribution in [3.05, 3.63) is 28.9 Å². The normalized spacial score (nSPS) is 30.5. The monoisotopic (exact) mass is 515 g/mol. The first-order valence-electron chi connectivity index (χ1n) is 14.1. The number of aromatic nitrogens is 1. The van der Waals surface area contributed by atoms with Crippen LogP contribution in [0.3, 0.4) is 0 Å². The summed E-state index contributed by atoms with van der Waals surface area (Å²) < 4.78 is 5.53. The quantitative estimate of drug-likeness (QED) is 0.468. The molecule has 2 aliphatic carbocycles. The van der Waals surface area contributed by atoms with Gasteiger partial charge in [0, 0.05) is 34.9 Å². The Balaban J connectivity index is 0.978. The van der Waals surface area contributed by atoms with Crippen molar-refractivity contribution in [2.75, 3.05) is 19.6 Å². The van der Waals surface area contributed by atoms with Gasteiger partial charge in [-0.15, -0.1) is 0 Å². The van der Waals surface area contributed by atoms with Crippen LogP contribution in [0.2, 0.25) is 5.02 Å². The number of fused-ring (bicyclic) bond motifs is 1. The number of nitrogens with one attached hydrogen (secondary N) is 1. The minimum atomic E-state index is -0.525. The molecule has 3 fully saturated rings. The third kappa shape index (κ3) is 6.62. The molecule has 0 bridgehead atoms. The largest absolute Gasteiger partial charge is 0.390 e. The van der Waals surface area contributed by atoms with Gasteiger partial charge in [-0.05, 0) is 121 Å². The van der Waals surface area contributed by atoms with E-state index in [2.05, 4.69) is 15.4 Å². The number of likely N-dealkylation sites (tertiary alicyclic amines) is 1. The Morgan fingerprint density at radius 3 is 2.56 bits per heavy atom. The summed E-state index contributed by atoms with van der Waals surface area (Å²) in [6.45, 7) is 5.33. The minimum absolute atomic E-state index is 0.218. The number of nitrogens with zero attached hydrogens (tertiary/aromatic N) is 2. The number of hydrogen-bond donors (Lipinski definition) is 2. The van der Waals surface area contributed by atoms with Crippen molar-refractivity contribution in [3.63, 3.8) is 0 Å². The number of aliphatic hydroxyl groups is 1. The average Bonchev–Trinajstić information content (AvgIpc) is 3.28. The lowest BCUT2D eigenvalue weighted by Gasteiger charge is -2.34. The van der Waals surface area contributed by atoms with Crippen LogP contribution in [-0.4, -0.2) is 52.3 Å². The molecule has 36 heavy (non-hydrogen) atoms. The Labute approximate surface area is 220 Å². The first-order chi connectivity index (χ1) is 17.3. The minimum Gasteiger partial charge on any atom is -0.390 e. The van der Waals surface area contributed by atoms with Crippen LogP contribution in [0.1, 0.15) is 95.6 Å². The van der Waals surface area contributed by atoms with Crippen LogP contribution in [0.15, 0.2) is 22.7 Å². The fourth-order valence-corrected chi connectivity index (χ4v) is 6.83. The third-order valence-corrected chi connectivity index (χ3v) is 9.39. The van der Waals surface area contributed by atoms with E-state index in [0.29, 0.717) is 29.3 Å². The standard InChI is InChI=1S/C29H42ClN3O3/c1-29(35)13-8-21(9-14-29)18-27(34)31-24-5-2-20(3-6-24)10-15-33-16-11-22(12-17-33)28-25-7-4-23(30)19-26(25)36-32-28/h4,7,19-22,24,35H,2-3,5-6,8-18H2,1H3,(H,31,34)/t20-,21?,24-,29?. The summed E-state index contributed by atoms with van der Waals surface area (Å²) >= 11 is 6.09. The van der Waals surface area contributed by atoms with E-state index in [1.807, 2.05) is 25.1 Å². The van der Waals surface area contributed by atoms with Gasteiger partial charge in [-0.3, -0.25) is 4.79 Å². The lowest BCUT2D eigenvalue weighted by Crippen LogP contribution is -2.40. The van der Waals surface area contributed by atoms with Gasteiger partial charge < -0.3 is 19.8 Å². The first kappa shape index (κ1) is 26.0. The fraction of sp³-hybridized carbons (Fsp3) is 0.724. The SMILES string of the molecule is CC1(O)CCC(CC(=O)N[C@H]2CC[C@H](CCN3CCC(c4noc5cc(Cl)ccc45)CC3)CC2)CC1. The van der Waals surface area contributed by atoms with Crippen molar-refractivity contribution < 1.29 is 14.4 Å². The summed E-state index contributed by atoms with van der Waals surface area (Å²) in [5.41, 5.74) is 1.36. The second-order valence-electron chi connectivity index (χ2n) is 12.0. The van der Waals surface area contributed by atoms with Crippen LogP contribution in [0.25, 0.3) is 11.0 Å². The van der Waals surface area contributed by atoms with Crippen LogP contribution in [0.5, 0.6) is 0 Å². The molecule has 2 aromatic rings. The number of piperidine rings is 1. The molecule has 0 atom stereocenters. The number of hydrogen-bond acceptors (Lipinski definition) is 5. The van der Waals surface area contributed by atoms with E-state index in [0.717, 1.165) is 87.0 Å². The topological polar surface area (TPSA) is 78.6 Å². The van der Waals surface area contributed by atoms with Crippen molar-refractivity contribution in [1.82, 2.24) is 15.4 Å². The van der Waals surface area contributed by atoms with E-state index in [-0.39, 0.29) is 5.91 Å². The second-order valence-corrected chi connectivity index (χ2v) is 12.5. The Morgan fingerprint density at radius 2 is 1.83 bits per heavy atom. The molecule has 1 aromatic heterocycles. The molecule has 1 amide bonds. The van der Waals surface area contributed by atoms with Gasteiger partial charge in [-0.2, -0.15) is 0 Å². The highest BCUT2D eigenvalue weighted by Crippen LogP contribution is 2.35. The molecule has 0 radical (unpaired) electrons. The molecule has 7 heteroatoms. The summed E-state index contributed by atoms with van der Waals surface area (Å²) in [5, 5.41) is 19.6. The lowest BCUT2D eigenvalue weighted by molar-refractivity contribution is -0.123. The Morgan fingerprint density at radius 1 is 1.11 bits per heavy atom. The summed E-state index contributed by atoms with van der Waals surface area (Å²) in [5.74, 6) is 1.90. The number of halogens is 1. The summed E-state index contributed by atoms with van der Waals surface area (Å²) in [6, 6.07) is 6.16. The molecule has 1 aliphatic heterocycles. The van der Waals surface area contributed by atoms with Crippen molar-refractivity contribution in [3.8, 4) is 0 Å². The maximum absolute atomic E-state index is 12.6. The zero-order chi connectivity index (χ0) is 25.1. The summed E-state index contributed by atoms with van der Waals surface area (Å²) in [7, 11) is 0. The average molecular weight is 516 g/mol. The Hall–Kier alpha value is -1.63. The summed E-state index contributed by atoms with van der Waals surface area (Å²) in [6.07, 6.45) is 12.4. The Bertz CT molecular complexity index is 1010. The van der Waals surface area contributed by atoms with Gasteiger partial charge in [0.05, 0.1) is 11.3 Å². The molecule has 1 saturated heterocycles. The molecule has 1 aromatic carbocycles. The number of carbonyl (C=O) groups excluding carboxylic acids is 1. The highest BCUT2D eigenvalue weighted by molar-refractivity contribution is 6.31. The fourth-order valence-electron chi connectivity index (χ4n) is 6.67. The molecule has 2 heterocycles. The molecule has 0 unspecified atom stereocenters. The highest BCUT2D eigenvalue weighted by atomic mass is 35.5. The van der Waals surface area contributed by atoms with Gasteiger partial charge in [-0.1, -0.05) is 16.8 Å². The van der Waals surface area contributed by atoms with E-state index in [4.69, 9.17) is 16.1 Å². The highest BCUT2D eigenvalue weighted by Gasteiger charge is 2.31. The molecule has 2 N–H and O–H groups in total. The van der Waals surface area contributed by atoms with Crippen molar-refractivity contribution in [1.29, 1.82) is 0 Å². The molecule has 2 saturated carbocycles. The van der Waals surface area contributed by atoms with Crippen molar-refractivity contribution >= 4 is 28.5 Å². The van der Waals surface area contributed by atoms with Crippen LogP contribution in [0, 0.1) is 11.8 Å². The van der Waals surface area contributed by atoms with Gasteiger partial charge in [0.25, 0.3) is 0 Å². The number of rotatable bonds is 7. The predicted octanol–water partition coefficient (Wildman–Crippen LogP) is 6.06. The molecule has 5 rings (SSSR count). The van der Waals surface area contributed by atoms with E-state index in [1.54, 1.807) is 0 Å². The van der Waals surface area contributed by atoms with Crippen LogP contribution >= 0.6 is 11.6 Å². The van der Waals surface area contributed by atoms with Gasteiger partial charge >= 0.3 is 0 Å². The maximum Gasteiger partial charge on any atom is 0.220 e. The van der Waals surface area contributed by atoms with Crippen LogP contribution < -0.4 is 5.32 Å².